The molecule has 0 aromatic heterocycles. The number of hydrogen-bond acceptors (Lipinski definition) is 3. The molecule has 0 fully saturated rings. The molecule has 3 rings (SSSR count). The summed E-state index contributed by atoms with van der Waals surface area (Å²) in [6.07, 6.45) is 1.57. The summed E-state index contributed by atoms with van der Waals surface area (Å²) >= 11 is 0. The number of amides is 2. The quantitative estimate of drug-likeness (QED) is 0.797. The first-order valence-corrected chi connectivity index (χ1v) is 9.84. The molecular formula is C23H28N2O3. The van der Waals surface area contributed by atoms with Crippen molar-refractivity contribution in [3.63, 3.8) is 0 Å². The molecule has 1 aliphatic heterocycles. The lowest BCUT2D eigenvalue weighted by atomic mass is 9.95. The molecule has 5 heteroatoms. The number of fused-ring (bicyclic) bond motifs is 1. The normalized spacial score (nSPS) is 15.5. The van der Waals surface area contributed by atoms with E-state index >= 15 is 0 Å². The molecule has 1 atom stereocenters. The maximum absolute atomic E-state index is 12.4. The van der Waals surface area contributed by atoms with Crippen LogP contribution in [0, 0.1) is 18.8 Å². The van der Waals surface area contributed by atoms with Crippen LogP contribution in [0.1, 0.15) is 41.8 Å². The maximum Gasteiger partial charge on any atom is 0.255 e. The Balaban J connectivity index is 1.63. The smallest absolute Gasteiger partial charge is 0.255 e. The fraction of sp³-hybridized carbons (Fsp3) is 0.391. The fourth-order valence-electron chi connectivity index (χ4n) is 3.18. The predicted molar refractivity (Wildman–Crippen MR) is 111 cm³/mol. The van der Waals surface area contributed by atoms with E-state index in [1.54, 1.807) is 0 Å². The first-order valence-electron chi connectivity index (χ1n) is 9.84. The molecule has 1 aliphatic rings. The molecule has 2 N–H and O–H groups in total. The first-order chi connectivity index (χ1) is 13.4. The van der Waals surface area contributed by atoms with Crippen LogP contribution >= 0.6 is 0 Å². The van der Waals surface area contributed by atoms with Crippen LogP contribution < -0.4 is 15.4 Å². The number of ether oxygens (including phenoxy) is 1. The summed E-state index contributed by atoms with van der Waals surface area (Å²) in [4.78, 5) is 24.8. The standard InChI is InChI=1S/C23H28N2O3/c1-15(2)10-11-24-22(26)19-12-18-13-20(8-9-21(18)28-14-19)25-23(27)17-6-4-16(3)5-7-17/h4-9,13,15,19H,10-12,14H2,1-3H3,(H,24,26)(H,25,27)/t19-/m1/s1. The summed E-state index contributed by atoms with van der Waals surface area (Å²) in [5, 5.41) is 5.92. The van der Waals surface area contributed by atoms with Gasteiger partial charge in [-0.2, -0.15) is 0 Å². The number of anilines is 1. The minimum atomic E-state index is -0.206. The third-order valence-corrected chi connectivity index (χ3v) is 4.93. The molecule has 0 radical (unpaired) electrons. The van der Waals surface area contributed by atoms with Crippen molar-refractivity contribution in [3.05, 3.63) is 59.2 Å². The molecule has 0 spiro atoms. The Hall–Kier alpha value is -2.82. The van der Waals surface area contributed by atoms with E-state index in [4.69, 9.17) is 4.74 Å². The second-order valence-corrected chi connectivity index (χ2v) is 7.83. The van der Waals surface area contributed by atoms with Crippen LogP contribution in [0.15, 0.2) is 42.5 Å². The molecule has 148 valence electrons. The molecular weight excluding hydrogens is 352 g/mol. The number of carbonyl (C=O) groups is 2. The van der Waals surface area contributed by atoms with Gasteiger partial charge in [-0.1, -0.05) is 31.5 Å². The van der Waals surface area contributed by atoms with E-state index in [9.17, 15) is 9.59 Å². The Morgan fingerprint density at radius 3 is 2.61 bits per heavy atom. The van der Waals surface area contributed by atoms with Crippen LogP contribution in [-0.2, 0) is 11.2 Å². The topological polar surface area (TPSA) is 67.4 Å². The average molecular weight is 380 g/mol. The van der Waals surface area contributed by atoms with Crippen LogP contribution in [0.25, 0.3) is 0 Å². The van der Waals surface area contributed by atoms with Crippen molar-refractivity contribution in [3.8, 4) is 5.75 Å². The van der Waals surface area contributed by atoms with Crippen LogP contribution in [-0.4, -0.2) is 25.0 Å². The molecule has 0 saturated carbocycles. The highest BCUT2D eigenvalue weighted by Gasteiger charge is 2.26. The van der Waals surface area contributed by atoms with Gasteiger partial charge >= 0.3 is 0 Å². The van der Waals surface area contributed by atoms with Crippen molar-refractivity contribution in [2.24, 2.45) is 11.8 Å². The number of carbonyl (C=O) groups excluding carboxylic acids is 2. The van der Waals surface area contributed by atoms with E-state index in [0.29, 0.717) is 36.7 Å². The zero-order valence-electron chi connectivity index (χ0n) is 16.7. The molecule has 0 saturated heterocycles. The zero-order chi connectivity index (χ0) is 20.1. The summed E-state index contributed by atoms with van der Waals surface area (Å²) in [7, 11) is 0. The van der Waals surface area contributed by atoms with Gasteiger partial charge in [0.05, 0.1) is 5.92 Å². The summed E-state index contributed by atoms with van der Waals surface area (Å²) in [5.74, 6) is 1.01. The summed E-state index contributed by atoms with van der Waals surface area (Å²) in [6.45, 7) is 7.33. The molecule has 28 heavy (non-hydrogen) atoms. The van der Waals surface area contributed by atoms with Gasteiger partial charge in [0.25, 0.3) is 5.91 Å². The summed E-state index contributed by atoms with van der Waals surface area (Å²) in [5.41, 5.74) is 3.37. The molecule has 0 unspecified atom stereocenters. The minimum Gasteiger partial charge on any atom is -0.492 e. The average Bonchev–Trinajstić information content (AvgIpc) is 2.67. The molecule has 2 aromatic rings. The van der Waals surface area contributed by atoms with Crippen molar-refractivity contribution in [1.29, 1.82) is 0 Å². The Morgan fingerprint density at radius 1 is 1.14 bits per heavy atom. The monoisotopic (exact) mass is 380 g/mol. The minimum absolute atomic E-state index is 0.0281. The van der Waals surface area contributed by atoms with Crippen molar-refractivity contribution >= 4 is 17.5 Å². The second kappa shape index (κ2) is 8.91. The molecule has 0 bridgehead atoms. The Morgan fingerprint density at radius 2 is 1.89 bits per heavy atom. The first kappa shape index (κ1) is 19.9. The highest BCUT2D eigenvalue weighted by molar-refractivity contribution is 6.04. The molecule has 2 amide bonds. The van der Waals surface area contributed by atoms with E-state index in [1.807, 2.05) is 49.4 Å². The van der Waals surface area contributed by atoms with Gasteiger partial charge in [0, 0.05) is 17.8 Å². The largest absolute Gasteiger partial charge is 0.492 e. The van der Waals surface area contributed by atoms with Crippen LogP contribution in [0.5, 0.6) is 5.75 Å². The highest BCUT2D eigenvalue weighted by atomic mass is 16.5. The van der Waals surface area contributed by atoms with Gasteiger partial charge in [-0.15, -0.1) is 0 Å². The van der Waals surface area contributed by atoms with Gasteiger partial charge in [0.15, 0.2) is 0 Å². The number of benzene rings is 2. The number of nitrogens with one attached hydrogen (secondary N) is 2. The third-order valence-electron chi connectivity index (χ3n) is 4.93. The van der Waals surface area contributed by atoms with E-state index in [-0.39, 0.29) is 17.7 Å². The van der Waals surface area contributed by atoms with Gasteiger partial charge in [-0.05, 0) is 61.6 Å². The van der Waals surface area contributed by atoms with Gasteiger partial charge in [-0.3, -0.25) is 9.59 Å². The molecule has 0 aliphatic carbocycles. The Kier molecular flexibility index (Phi) is 6.34. The number of hydrogen-bond donors (Lipinski definition) is 2. The lowest BCUT2D eigenvalue weighted by Gasteiger charge is -2.25. The van der Waals surface area contributed by atoms with E-state index in [0.717, 1.165) is 23.3 Å². The SMILES string of the molecule is Cc1ccc(C(=O)Nc2ccc3c(c2)C[C@@H](C(=O)NCCC(C)C)CO3)cc1. The molecule has 2 aromatic carbocycles. The van der Waals surface area contributed by atoms with Gasteiger partial charge in [0.2, 0.25) is 5.91 Å². The van der Waals surface area contributed by atoms with Crippen molar-refractivity contribution < 1.29 is 14.3 Å². The number of aryl methyl sites for hydroxylation is 1. The lowest BCUT2D eigenvalue weighted by molar-refractivity contribution is -0.126. The van der Waals surface area contributed by atoms with Gasteiger partial charge in [-0.25, -0.2) is 0 Å². The lowest BCUT2D eigenvalue weighted by Crippen LogP contribution is -2.38. The van der Waals surface area contributed by atoms with E-state index < -0.39 is 0 Å². The van der Waals surface area contributed by atoms with Gasteiger partial charge < -0.3 is 15.4 Å². The van der Waals surface area contributed by atoms with Gasteiger partial charge in [0.1, 0.15) is 12.4 Å². The van der Waals surface area contributed by atoms with E-state index in [1.165, 1.54) is 0 Å². The zero-order valence-corrected chi connectivity index (χ0v) is 16.7. The maximum atomic E-state index is 12.4. The number of rotatable bonds is 6. The second-order valence-electron chi connectivity index (χ2n) is 7.83. The van der Waals surface area contributed by atoms with Crippen molar-refractivity contribution in [2.75, 3.05) is 18.5 Å². The highest BCUT2D eigenvalue weighted by Crippen LogP contribution is 2.30. The van der Waals surface area contributed by atoms with Crippen molar-refractivity contribution in [2.45, 2.75) is 33.6 Å². The van der Waals surface area contributed by atoms with E-state index in [2.05, 4.69) is 24.5 Å². The molecule has 5 nitrogen and oxygen atoms in total. The summed E-state index contributed by atoms with van der Waals surface area (Å²) < 4.78 is 5.77. The van der Waals surface area contributed by atoms with Crippen LogP contribution in [0.4, 0.5) is 5.69 Å². The third kappa shape index (κ3) is 5.12. The fourth-order valence-corrected chi connectivity index (χ4v) is 3.18. The predicted octanol–water partition coefficient (Wildman–Crippen LogP) is 3.96. The summed E-state index contributed by atoms with van der Waals surface area (Å²) in [6, 6.07) is 13.0. The van der Waals surface area contributed by atoms with Crippen LogP contribution in [0.2, 0.25) is 0 Å². The van der Waals surface area contributed by atoms with Crippen LogP contribution in [0.3, 0.4) is 0 Å². The molecule has 1 heterocycles. The van der Waals surface area contributed by atoms with Crippen molar-refractivity contribution in [1.82, 2.24) is 5.32 Å². The Bertz CT molecular complexity index is 843. The Labute approximate surface area is 166 Å².